The van der Waals surface area contributed by atoms with Gasteiger partial charge in [-0.25, -0.2) is 0 Å². The molecule has 0 spiro atoms. The largest absolute Gasteiger partial charge is 0.329 e. The van der Waals surface area contributed by atoms with Crippen LogP contribution in [0.3, 0.4) is 0 Å². The summed E-state index contributed by atoms with van der Waals surface area (Å²) in [7, 11) is 0. The molecule has 0 bridgehead atoms. The lowest BCUT2D eigenvalue weighted by molar-refractivity contribution is 0.0368. The van der Waals surface area contributed by atoms with E-state index < -0.39 is 0 Å². The molecule has 2 atom stereocenters. The minimum atomic E-state index is 0.333. The Morgan fingerprint density at radius 2 is 2.07 bits per heavy atom. The van der Waals surface area contributed by atoms with Crippen LogP contribution in [0.2, 0.25) is 0 Å². The molecule has 15 heavy (non-hydrogen) atoms. The predicted octanol–water partition coefficient (Wildman–Crippen LogP) is 2.38. The monoisotopic (exact) mass is 210 g/mol. The van der Waals surface area contributed by atoms with Crippen molar-refractivity contribution in [2.75, 3.05) is 13.1 Å². The van der Waals surface area contributed by atoms with Gasteiger partial charge in [0.2, 0.25) is 0 Å². The molecule has 2 fully saturated rings. The first kappa shape index (κ1) is 11.4. The van der Waals surface area contributed by atoms with Crippen molar-refractivity contribution >= 4 is 0 Å². The summed E-state index contributed by atoms with van der Waals surface area (Å²) in [5.41, 5.74) is 6.80. The summed E-state index contributed by atoms with van der Waals surface area (Å²) in [4.78, 5) is 2.73. The molecule has 1 heterocycles. The summed E-state index contributed by atoms with van der Waals surface area (Å²) in [6.07, 6.45) is 6.68. The Morgan fingerprint density at radius 3 is 2.47 bits per heavy atom. The summed E-state index contributed by atoms with van der Waals surface area (Å²) < 4.78 is 0. The van der Waals surface area contributed by atoms with E-state index in [0.717, 1.165) is 12.5 Å². The van der Waals surface area contributed by atoms with Gasteiger partial charge in [0.15, 0.2) is 0 Å². The third kappa shape index (κ3) is 1.83. The van der Waals surface area contributed by atoms with Crippen molar-refractivity contribution in [1.82, 2.24) is 4.90 Å². The maximum absolute atomic E-state index is 6.09. The summed E-state index contributed by atoms with van der Waals surface area (Å²) in [5.74, 6) is 0.866. The summed E-state index contributed by atoms with van der Waals surface area (Å²) in [6.45, 7) is 9.26. The van der Waals surface area contributed by atoms with Gasteiger partial charge in [0.25, 0.3) is 0 Å². The lowest BCUT2D eigenvalue weighted by atomic mass is 9.89. The normalized spacial score (nSPS) is 41.2. The van der Waals surface area contributed by atoms with E-state index in [9.17, 15) is 0 Å². The van der Waals surface area contributed by atoms with E-state index >= 15 is 0 Å². The van der Waals surface area contributed by atoms with Gasteiger partial charge in [-0.1, -0.05) is 6.92 Å². The van der Waals surface area contributed by atoms with Crippen LogP contribution in [0.1, 0.15) is 52.9 Å². The molecular formula is C13H26N2. The summed E-state index contributed by atoms with van der Waals surface area (Å²) in [6, 6.07) is 0. The maximum Gasteiger partial charge on any atom is 0.0339 e. The molecule has 1 saturated heterocycles. The highest BCUT2D eigenvalue weighted by Gasteiger charge is 2.48. The molecule has 2 rings (SSSR count). The molecule has 2 aliphatic rings. The minimum absolute atomic E-state index is 0.333. The van der Waals surface area contributed by atoms with Crippen LogP contribution in [0, 0.1) is 5.92 Å². The molecule has 0 aromatic rings. The number of likely N-dealkylation sites (tertiary alicyclic amines) is 1. The zero-order valence-corrected chi connectivity index (χ0v) is 10.6. The van der Waals surface area contributed by atoms with E-state index in [1.165, 1.54) is 38.6 Å². The average molecular weight is 210 g/mol. The Kier molecular flexibility index (Phi) is 2.85. The fourth-order valence-electron chi connectivity index (χ4n) is 3.90. The van der Waals surface area contributed by atoms with Crippen LogP contribution < -0.4 is 5.73 Å². The third-order valence-electron chi connectivity index (χ3n) is 4.68. The van der Waals surface area contributed by atoms with E-state index in [-0.39, 0.29) is 0 Å². The molecular weight excluding hydrogens is 184 g/mol. The van der Waals surface area contributed by atoms with Gasteiger partial charge < -0.3 is 5.73 Å². The van der Waals surface area contributed by atoms with E-state index in [1.54, 1.807) is 0 Å². The molecule has 0 amide bonds. The van der Waals surface area contributed by atoms with Crippen molar-refractivity contribution in [2.45, 2.75) is 64.0 Å². The molecule has 0 aromatic heterocycles. The number of nitrogens with zero attached hydrogens (tertiary/aromatic N) is 1. The quantitative estimate of drug-likeness (QED) is 0.758. The fraction of sp³-hybridized carbons (Fsp3) is 1.00. The molecule has 1 aliphatic carbocycles. The Balaban J connectivity index is 2.19. The van der Waals surface area contributed by atoms with Crippen LogP contribution in [-0.4, -0.2) is 29.1 Å². The third-order valence-corrected chi connectivity index (χ3v) is 4.68. The number of hydrogen-bond donors (Lipinski definition) is 1. The van der Waals surface area contributed by atoms with Crippen LogP contribution in [0.5, 0.6) is 0 Å². The van der Waals surface area contributed by atoms with Crippen LogP contribution >= 0.6 is 0 Å². The second kappa shape index (κ2) is 3.74. The molecule has 1 saturated carbocycles. The van der Waals surface area contributed by atoms with Crippen LogP contribution in [0.15, 0.2) is 0 Å². The molecule has 0 radical (unpaired) electrons. The van der Waals surface area contributed by atoms with Crippen molar-refractivity contribution in [3.63, 3.8) is 0 Å². The number of rotatable bonds is 2. The SMILES string of the molecule is CC1CCC(CN)(N2CCCC2(C)C)C1. The second-order valence-corrected chi connectivity index (χ2v) is 6.34. The van der Waals surface area contributed by atoms with E-state index in [0.29, 0.717) is 11.1 Å². The van der Waals surface area contributed by atoms with Crippen molar-refractivity contribution in [3.05, 3.63) is 0 Å². The average Bonchev–Trinajstić information content (AvgIpc) is 2.70. The Bertz CT molecular complexity index is 237. The highest BCUT2D eigenvalue weighted by atomic mass is 15.3. The van der Waals surface area contributed by atoms with Crippen molar-refractivity contribution in [1.29, 1.82) is 0 Å². The van der Waals surface area contributed by atoms with Gasteiger partial charge in [-0.3, -0.25) is 4.90 Å². The van der Waals surface area contributed by atoms with Crippen LogP contribution in [0.25, 0.3) is 0 Å². The van der Waals surface area contributed by atoms with Crippen LogP contribution in [-0.2, 0) is 0 Å². The first-order valence-electron chi connectivity index (χ1n) is 6.48. The van der Waals surface area contributed by atoms with Gasteiger partial charge in [-0.2, -0.15) is 0 Å². The van der Waals surface area contributed by atoms with Gasteiger partial charge in [0.05, 0.1) is 0 Å². The number of nitrogens with two attached hydrogens (primary N) is 1. The Morgan fingerprint density at radius 1 is 1.33 bits per heavy atom. The molecule has 1 aliphatic heterocycles. The lowest BCUT2D eigenvalue weighted by Gasteiger charge is -2.46. The number of hydrogen-bond acceptors (Lipinski definition) is 2. The predicted molar refractivity (Wildman–Crippen MR) is 64.8 cm³/mol. The first-order chi connectivity index (χ1) is 7.00. The van der Waals surface area contributed by atoms with Crippen molar-refractivity contribution < 1.29 is 0 Å². The molecule has 2 unspecified atom stereocenters. The standard InChI is InChI=1S/C13H26N2/c1-11-5-7-13(9-11,10-14)15-8-4-6-12(15,2)3/h11H,4-10,14H2,1-3H3. The van der Waals surface area contributed by atoms with Crippen molar-refractivity contribution in [2.24, 2.45) is 11.7 Å². The zero-order valence-electron chi connectivity index (χ0n) is 10.6. The smallest absolute Gasteiger partial charge is 0.0339 e. The Hall–Kier alpha value is -0.0800. The summed E-state index contributed by atoms with van der Waals surface area (Å²) in [5, 5.41) is 0. The van der Waals surface area contributed by atoms with Gasteiger partial charge in [-0.05, 0) is 58.4 Å². The fourth-order valence-corrected chi connectivity index (χ4v) is 3.90. The topological polar surface area (TPSA) is 29.3 Å². The highest BCUT2D eigenvalue weighted by molar-refractivity contribution is 5.05. The molecule has 2 nitrogen and oxygen atoms in total. The highest BCUT2D eigenvalue weighted by Crippen LogP contribution is 2.45. The van der Waals surface area contributed by atoms with Crippen LogP contribution in [0.4, 0.5) is 0 Å². The molecule has 0 aromatic carbocycles. The second-order valence-electron chi connectivity index (χ2n) is 6.34. The molecule has 88 valence electrons. The Labute approximate surface area is 94.2 Å². The van der Waals surface area contributed by atoms with E-state index in [1.807, 2.05) is 0 Å². The molecule has 2 N–H and O–H groups in total. The van der Waals surface area contributed by atoms with Gasteiger partial charge in [-0.15, -0.1) is 0 Å². The maximum atomic E-state index is 6.09. The van der Waals surface area contributed by atoms with E-state index in [2.05, 4.69) is 25.7 Å². The van der Waals surface area contributed by atoms with Gasteiger partial charge >= 0.3 is 0 Å². The molecule has 2 heteroatoms. The first-order valence-corrected chi connectivity index (χ1v) is 6.48. The summed E-state index contributed by atoms with van der Waals surface area (Å²) >= 11 is 0. The lowest BCUT2D eigenvalue weighted by Crippen LogP contribution is -2.57. The van der Waals surface area contributed by atoms with E-state index in [4.69, 9.17) is 5.73 Å². The zero-order chi connectivity index (χ0) is 11.1. The van der Waals surface area contributed by atoms with Crippen molar-refractivity contribution in [3.8, 4) is 0 Å². The van der Waals surface area contributed by atoms with Gasteiger partial charge in [0, 0.05) is 17.6 Å². The minimum Gasteiger partial charge on any atom is -0.329 e. The van der Waals surface area contributed by atoms with Gasteiger partial charge in [0.1, 0.15) is 0 Å².